The molecule has 2 aromatic rings. The number of hydrogen-bond acceptors (Lipinski definition) is 6. The number of allylic oxidation sites excluding steroid dienone is 1. The van der Waals surface area contributed by atoms with Crippen molar-refractivity contribution < 1.29 is 4.74 Å². The van der Waals surface area contributed by atoms with Crippen LogP contribution in [-0.2, 0) is 4.74 Å². The van der Waals surface area contributed by atoms with Gasteiger partial charge in [0.2, 0.25) is 0 Å². The first-order chi connectivity index (χ1) is 12.1. The van der Waals surface area contributed by atoms with Crippen molar-refractivity contribution in [2.45, 2.75) is 13.8 Å². The number of benzene rings is 1. The molecule has 132 valence electrons. The van der Waals surface area contributed by atoms with Gasteiger partial charge in [-0.05, 0) is 19.9 Å². The van der Waals surface area contributed by atoms with E-state index in [4.69, 9.17) is 10.6 Å². The van der Waals surface area contributed by atoms with E-state index in [0.29, 0.717) is 36.4 Å². The predicted molar refractivity (Wildman–Crippen MR) is 102 cm³/mol. The molecule has 7 nitrogen and oxygen atoms in total. The lowest BCUT2D eigenvalue weighted by molar-refractivity contribution is 0.210. The smallest absolute Gasteiger partial charge is 0.163 e. The van der Waals surface area contributed by atoms with Gasteiger partial charge in [0, 0.05) is 25.3 Å². The van der Waals surface area contributed by atoms with E-state index in [1.165, 1.54) is 0 Å². The SMILES string of the molecule is COCCNc1cc(N=C(C=C(C)C)NN)nc(-c2ccccc2)n1. The van der Waals surface area contributed by atoms with Crippen LogP contribution in [0.1, 0.15) is 13.8 Å². The number of ether oxygens (including phenoxy) is 1. The van der Waals surface area contributed by atoms with Crippen LogP contribution >= 0.6 is 0 Å². The zero-order valence-electron chi connectivity index (χ0n) is 14.8. The molecule has 2 rings (SSSR count). The Hall–Kier alpha value is -2.77. The summed E-state index contributed by atoms with van der Waals surface area (Å²) in [6, 6.07) is 11.5. The Labute approximate surface area is 148 Å². The van der Waals surface area contributed by atoms with Gasteiger partial charge in [0.1, 0.15) is 11.7 Å². The van der Waals surface area contributed by atoms with Crippen molar-refractivity contribution in [3.63, 3.8) is 0 Å². The minimum atomic E-state index is 0.513. The van der Waals surface area contributed by atoms with Crippen molar-refractivity contribution in [2.75, 3.05) is 25.6 Å². The highest BCUT2D eigenvalue weighted by Crippen LogP contribution is 2.21. The Morgan fingerprint density at radius 1 is 1.24 bits per heavy atom. The third-order valence-corrected chi connectivity index (χ3v) is 3.17. The normalized spacial score (nSPS) is 11.1. The fraction of sp³-hybridized carbons (Fsp3) is 0.278. The third-order valence-electron chi connectivity index (χ3n) is 3.17. The number of hydrazine groups is 1. The monoisotopic (exact) mass is 340 g/mol. The molecular formula is C18H24N6O. The van der Waals surface area contributed by atoms with Gasteiger partial charge in [-0.3, -0.25) is 0 Å². The fourth-order valence-electron chi connectivity index (χ4n) is 2.08. The van der Waals surface area contributed by atoms with Crippen molar-refractivity contribution in [3.8, 4) is 11.4 Å². The maximum Gasteiger partial charge on any atom is 0.163 e. The van der Waals surface area contributed by atoms with Crippen LogP contribution in [0.15, 0.2) is 53.0 Å². The van der Waals surface area contributed by atoms with Crippen molar-refractivity contribution >= 4 is 17.5 Å². The van der Waals surface area contributed by atoms with E-state index in [-0.39, 0.29) is 0 Å². The number of methoxy groups -OCH3 is 1. The van der Waals surface area contributed by atoms with Gasteiger partial charge < -0.3 is 15.5 Å². The zero-order chi connectivity index (χ0) is 18.1. The molecule has 0 radical (unpaired) electrons. The molecule has 0 spiro atoms. The molecule has 0 saturated carbocycles. The summed E-state index contributed by atoms with van der Waals surface area (Å²) in [5.74, 6) is 7.87. The van der Waals surface area contributed by atoms with E-state index in [0.717, 1.165) is 11.1 Å². The molecule has 1 heterocycles. The Balaban J connectivity index is 2.42. The quantitative estimate of drug-likeness (QED) is 0.236. The van der Waals surface area contributed by atoms with Crippen molar-refractivity contribution in [3.05, 3.63) is 48.0 Å². The Bertz CT molecular complexity index is 738. The molecule has 25 heavy (non-hydrogen) atoms. The van der Waals surface area contributed by atoms with Crippen LogP contribution in [0.4, 0.5) is 11.6 Å². The number of amidine groups is 1. The van der Waals surface area contributed by atoms with Crippen LogP contribution in [0.5, 0.6) is 0 Å². The maximum absolute atomic E-state index is 5.55. The lowest BCUT2D eigenvalue weighted by Gasteiger charge is -2.09. The fourth-order valence-corrected chi connectivity index (χ4v) is 2.08. The van der Waals surface area contributed by atoms with Crippen LogP contribution in [0.2, 0.25) is 0 Å². The Morgan fingerprint density at radius 3 is 2.64 bits per heavy atom. The Morgan fingerprint density at radius 2 is 2.00 bits per heavy atom. The molecule has 0 saturated heterocycles. The highest BCUT2D eigenvalue weighted by atomic mass is 16.5. The molecule has 0 unspecified atom stereocenters. The summed E-state index contributed by atoms with van der Waals surface area (Å²) in [5.41, 5.74) is 4.58. The van der Waals surface area contributed by atoms with Crippen molar-refractivity contribution in [1.29, 1.82) is 0 Å². The van der Waals surface area contributed by atoms with Gasteiger partial charge in [-0.1, -0.05) is 35.9 Å². The second-order valence-corrected chi connectivity index (χ2v) is 5.58. The van der Waals surface area contributed by atoms with Crippen LogP contribution in [0.25, 0.3) is 11.4 Å². The molecule has 0 amide bonds. The van der Waals surface area contributed by atoms with Crippen LogP contribution in [0, 0.1) is 0 Å². The summed E-state index contributed by atoms with van der Waals surface area (Å²) in [5, 5.41) is 3.22. The van der Waals surface area contributed by atoms with Crippen LogP contribution < -0.4 is 16.6 Å². The lowest BCUT2D eigenvalue weighted by Crippen LogP contribution is -2.28. The van der Waals surface area contributed by atoms with E-state index >= 15 is 0 Å². The zero-order valence-corrected chi connectivity index (χ0v) is 14.8. The van der Waals surface area contributed by atoms with Gasteiger partial charge in [0.25, 0.3) is 0 Å². The largest absolute Gasteiger partial charge is 0.383 e. The predicted octanol–water partition coefficient (Wildman–Crippen LogP) is 2.66. The molecule has 0 aliphatic heterocycles. The first-order valence-corrected chi connectivity index (χ1v) is 8.00. The van der Waals surface area contributed by atoms with Crippen molar-refractivity contribution in [1.82, 2.24) is 15.4 Å². The second kappa shape index (κ2) is 9.51. The van der Waals surface area contributed by atoms with E-state index < -0.39 is 0 Å². The van der Waals surface area contributed by atoms with Gasteiger partial charge >= 0.3 is 0 Å². The summed E-state index contributed by atoms with van der Waals surface area (Å²) in [6.45, 7) is 5.16. The number of hydrogen-bond donors (Lipinski definition) is 3. The average molecular weight is 340 g/mol. The molecule has 0 bridgehead atoms. The molecular weight excluding hydrogens is 316 g/mol. The van der Waals surface area contributed by atoms with Crippen molar-refractivity contribution in [2.24, 2.45) is 10.8 Å². The van der Waals surface area contributed by atoms with Gasteiger partial charge in [0.05, 0.1) is 6.61 Å². The summed E-state index contributed by atoms with van der Waals surface area (Å²) >= 11 is 0. The number of anilines is 1. The molecule has 1 aromatic heterocycles. The summed E-state index contributed by atoms with van der Waals surface area (Å²) in [6.07, 6.45) is 1.85. The highest BCUT2D eigenvalue weighted by molar-refractivity contribution is 5.94. The lowest BCUT2D eigenvalue weighted by atomic mass is 10.2. The van der Waals surface area contributed by atoms with Crippen LogP contribution in [0.3, 0.4) is 0 Å². The van der Waals surface area contributed by atoms with Crippen LogP contribution in [-0.4, -0.2) is 36.1 Å². The third kappa shape index (κ3) is 5.98. The first kappa shape index (κ1) is 18.6. The molecule has 0 aliphatic rings. The molecule has 1 aromatic carbocycles. The molecule has 0 atom stereocenters. The van der Waals surface area contributed by atoms with E-state index in [1.54, 1.807) is 13.2 Å². The summed E-state index contributed by atoms with van der Waals surface area (Å²) in [7, 11) is 1.66. The van der Waals surface area contributed by atoms with Gasteiger partial charge in [-0.15, -0.1) is 0 Å². The second-order valence-electron chi connectivity index (χ2n) is 5.58. The van der Waals surface area contributed by atoms with Gasteiger partial charge in [0.15, 0.2) is 11.6 Å². The number of aliphatic imine (C=N–C) groups is 1. The summed E-state index contributed by atoms with van der Waals surface area (Å²) in [4.78, 5) is 13.6. The first-order valence-electron chi connectivity index (χ1n) is 8.00. The number of nitrogens with one attached hydrogen (secondary N) is 2. The number of nitrogens with zero attached hydrogens (tertiary/aromatic N) is 3. The molecule has 7 heteroatoms. The number of aromatic nitrogens is 2. The Kier molecular flexibility index (Phi) is 7.06. The van der Waals surface area contributed by atoms with Gasteiger partial charge in [-0.25, -0.2) is 20.8 Å². The molecule has 0 aliphatic carbocycles. The standard InChI is InChI=1S/C18H24N6O/c1-13(2)11-17(24-19)21-16-12-15(20-9-10-25-3)22-18(23-16)14-7-5-4-6-8-14/h4-8,11-12H,9-10,19H2,1-3H3,(H2,20,21,22,23,24). The summed E-state index contributed by atoms with van der Waals surface area (Å²) < 4.78 is 5.07. The molecule has 0 fully saturated rings. The highest BCUT2D eigenvalue weighted by Gasteiger charge is 2.07. The van der Waals surface area contributed by atoms with E-state index in [2.05, 4.69) is 25.7 Å². The maximum atomic E-state index is 5.55. The topological polar surface area (TPSA) is 97.5 Å². The number of rotatable bonds is 7. The van der Waals surface area contributed by atoms with E-state index in [9.17, 15) is 0 Å². The minimum absolute atomic E-state index is 0.513. The number of nitrogens with two attached hydrogens (primary N) is 1. The average Bonchev–Trinajstić information content (AvgIpc) is 2.61. The van der Waals surface area contributed by atoms with E-state index in [1.807, 2.05) is 50.3 Å². The van der Waals surface area contributed by atoms with Gasteiger partial charge in [-0.2, -0.15) is 0 Å². The molecule has 4 N–H and O–H groups in total. The minimum Gasteiger partial charge on any atom is -0.383 e.